The van der Waals surface area contributed by atoms with Crippen molar-refractivity contribution in [3.63, 3.8) is 0 Å². The Bertz CT molecular complexity index is 468. The van der Waals surface area contributed by atoms with Crippen LogP contribution in [-0.4, -0.2) is 19.9 Å². The summed E-state index contributed by atoms with van der Waals surface area (Å²) in [4.78, 5) is 17.1. The maximum atomic E-state index is 4.50. The second kappa shape index (κ2) is 4.79. The highest BCUT2D eigenvalue weighted by Gasteiger charge is 2.07. The van der Waals surface area contributed by atoms with Crippen LogP contribution in [0.25, 0.3) is 11.6 Å². The zero-order valence-electron chi connectivity index (χ0n) is 9.51. The average molecular weight is 214 g/mol. The minimum absolute atomic E-state index is 0.583. The monoisotopic (exact) mass is 214 g/mol. The van der Waals surface area contributed by atoms with Gasteiger partial charge in [-0.05, 0) is 24.5 Å². The van der Waals surface area contributed by atoms with Crippen molar-refractivity contribution < 1.29 is 0 Å². The molecule has 0 atom stereocenters. The molecule has 0 saturated carbocycles. The number of nitrogens with zero attached hydrogens (tertiary/aromatic N) is 4. The van der Waals surface area contributed by atoms with E-state index in [-0.39, 0.29) is 0 Å². The molecule has 0 aromatic carbocycles. The van der Waals surface area contributed by atoms with Crippen LogP contribution in [0.4, 0.5) is 0 Å². The Hall–Kier alpha value is -1.84. The summed E-state index contributed by atoms with van der Waals surface area (Å²) in [6.45, 7) is 4.20. The van der Waals surface area contributed by atoms with Gasteiger partial charge >= 0.3 is 0 Å². The second-order valence-electron chi connectivity index (χ2n) is 3.45. The molecule has 4 heteroatoms. The van der Waals surface area contributed by atoms with Crippen molar-refractivity contribution in [3.05, 3.63) is 35.9 Å². The Kier molecular flexibility index (Phi) is 3.19. The van der Waals surface area contributed by atoms with Gasteiger partial charge in [-0.25, -0.2) is 19.9 Å². The number of aryl methyl sites for hydroxylation is 2. The highest BCUT2D eigenvalue weighted by molar-refractivity contribution is 5.42. The maximum absolute atomic E-state index is 4.50. The standard InChI is InChI=1S/C12H14N4/c1-3-9-8-15-12(16-10(9)4-2)11-13-6-5-7-14-11/h5-8H,3-4H2,1-2H3. The molecule has 0 aliphatic carbocycles. The minimum Gasteiger partial charge on any atom is -0.234 e. The van der Waals surface area contributed by atoms with Crippen molar-refractivity contribution in [2.75, 3.05) is 0 Å². The van der Waals surface area contributed by atoms with Gasteiger partial charge in [0.15, 0.2) is 11.6 Å². The number of hydrogen-bond donors (Lipinski definition) is 0. The first kappa shape index (κ1) is 10.7. The molecule has 0 unspecified atom stereocenters. The number of rotatable bonds is 3. The third-order valence-corrected chi connectivity index (χ3v) is 2.44. The summed E-state index contributed by atoms with van der Waals surface area (Å²) in [5.41, 5.74) is 2.28. The first-order valence-corrected chi connectivity index (χ1v) is 5.47. The Morgan fingerprint density at radius 1 is 0.938 bits per heavy atom. The molecule has 0 bridgehead atoms. The quantitative estimate of drug-likeness (QED) is 0.784. The van der Waals surface area contributed by atoms with E-state index in [0.29, 0.717) is 11.6 Å². The fourth-order valence-corrected chi connectivity index (χ4v) is 1.57. The predicted molar refractivity (Wildman–Crippen MR) is 61.8 cm³/mol. The zero-order valence-corrected chi connectivity index (χ0v) is 9.51. The van der Waals surface area contributed by atoms with E-state index < -0.39 is 0 Å². The van der Waals surface area contributed by atoms with Gasteiger partial charge in [-0.1, -0.05) is 13.8 Å². The lowest BCUT2D eigenvalue weighted by Gasteiger charge is -2.05. The lowest BCUT2D eigenvalue weighted by Crippen LogP contribution is -2.01. The molecule has 0 aliphatic rings. The molecule has 4 nitrogen and oxygen atoms in total. The fourth-order valence-electron chi connectivity index (χ4n) is 1.57. The Balaban J connectivity index is 2.44. The van der Waals surface area contributed by atoms with Crippen LogP contribution in [0.5, 0.6) is 0 Å². The van der Waals surface area contributed by atoms with E-state index in [0.717, 1.165) is 18.5 Å². The summed E-state index contributed by atoms with van der Waals surface area (Å²) in [7, 11) is 0. The zero-order chi connectivity index (χ0) is 11.4. The third-order valence-electron chi connectivity index (χ3n) is 2.44. The summed E-state index contributed by atoms with van der Waals surface area (Å²) in [5.74, 6) is 1.19. The van der Waals surface area contributed by atoms with Crippen LogP contribution >= 0.6 is 0 Å². The van der Waals surface area contributed by atoms with Gasteiger partial charge in [0, 0.05) is 24.3 Å². The van der Waals surface area contributed by atoms with Crippen LogP contribution in [0, 0.1) is 0 Å². The van der Waals surface area contributed by atoms with E-state index in [4.69, 9.17) is 0 Å². The molecule has 2 rings (SSSR count). The Morgan fingerprint density at radius 3 is 2.31 bits per heavy atom. The Labute approximate surface area is 94.8 Å². The highest BCUT2D eigenvalue weighted by atomic mass is 15.0. The molecule has 0 saturated heterocycles. The van der Waals surface area contributed by atoms with Gasteiger partial charge in [0.1, 0.15) is 0 Å². The van der Waals surface area contributed by atoms with Crippen LogP contribution in [-0.2, 0) is 12.8 Å². The van der Waals surface area contributed by atoms with E-state index in [1.807, 2.05) is 6.20 Å². The molecule has 0 fully saturated rings. The smallest absolute Gasteiger partial charge is 0.197 e. The van der Waals surface area contributed by atoms with Crippen molar-refractivity contribution in [2.45, 2.75) is 26.7 Å². The molecule has 0 amide bonds. The topological polar surface area (TPSA) is 51.6 Å². The summed E-state index contributed by atoms with van der Waals surface area (Å²) in [5, 5.41) is 0. The first-order chi connectivity index (χ1) is 7.85. The summed E-state index contributed by atoms with van der Waals surface area (Å²) >= 11 is 0. The summed E-state index contributed by atoms with van der Waals surface area (Å²) < 4.78 is 0. The van der Waals surface area contributed by atoms with Crippen molar-refractivity contribution >= 4 is 0 Å². The normalized spacial score (nSPS) is 10.4. The van der Waals surface area contributed by atoms with E-state index in [9.17, 15) is 0 Å². The summed E-state index contributed by atoms with van der Waals surface area (Å²) in [6, 6.07) is 1.78. The Morgan fingerprint density at radius 2 is 1.69 bits per heavy atom. The fraction of sp³-hybridized carbons (Fsp3) is 0.333. The predicted octanol–water partition coefficient (Wildman–Crippen LogP) is 2.06. The lowest BCUT2D eigenvalue weighted by atomic mass is 10.1. The maximum Gasteiger partial charge on any atom is 0.197 e. The molecule has 16 heavy (non-hydrogen) atoms. The molecule has 0 N–H and O–H groups in total. The minimum atomic E-state index is 0.583. The average Bonchev–Trinajstić information content (AvgIpc) is 2.39. The van der Waals surface area contributed by atoms with E-state index in [2.05, 4.69) is 33.8 Å². The van der Waals surface area contributed by atoms with Gasteiger partial charge in [0.2, 0.25) is 0 Å². The molecule has 82 valence electrons. The third kappa shape index (κ3) is 2.05. The highest BCUT2D eigenvalue weighted by Crippen LogP contribution is 2.12. The second-order valence-corrected chi connectivity index (χ2v) is 3.45. The van der Waals surface area contributed by atoms with Crippen molar-refractivity contribution in [3.8, 4) is 11.6 Å². The van der Waals surface area contributed by atoms with Gasteiger partial charge < -0.3 is 0 Å². The largest absolute Gasteiger partial charge is 0.234 e. The van der Waals surface area contributed by atoms with Gasteiger partial charge in [-0.2, -0.15) is 0 Å². The van der Waals surface area contributed by atoms with Crippen LogP contribution in [0.1, 0.15) is 25.1 Å². The number of aromatic nitrogens is 4. The molecule has 2 heterocycles. The molecule has 0 spiro atoms. The van der Waals surface area contributed by atoms with Gasteiger partial charge in [-0.15, -0.1) is 0 Å². The molecule has 2 aromatic heterocycles. The lowest BCUT2D eigenvalue weighted by molar-refractivity contribution is 0.924. The van der Waals surface area contributed by atoms with Crippen molar-refractivity contribution in [1.82, 2.24) is 19.9 Å². The van der Waals surface area contributed by atoms with Crippen molar-refractivity contribution in [1.29, 1.82) is 0 Å². The van der Waals surface area contributed by atoms with Crippen LogP contribution in [0.3, 0.4) is 0 Å². The van der Waals surface area contributed by atoms with Gasteiger partial charge in [0.05, 0.1) is 0 Å². The van der Waals surface area contributed by atoms with E-state index in [1.165, 1.54) is 5.56 Å². The van der Waals surface area contributed by atoms with Gasteiger partial charge in [-0.3, -0.25) is 0 Å². The summed E-state index contributed by atoms with van der Waals surface area (Å²) in [6.07, 6.45) is 7.14. The molecule has 0 aliphatic heterocycles. The van der Waals surface area contributed by atoms with Crippen LogP contribution < -0.4 is 0 Å². The van der Waals surface area contributed by atoms with Crippen LogP contribution in [0.2, 0.25) is 0 Å². The molecule has 0 radical (unpaired) electrons. The van der Waals surface area contributed by atoms with E-state index >= 15 is 0 Å². The molecule has 2 aromatic rings. The van der Waals surface area contributed by atoms with Crippen molar-refractivity contribution in [2.24, 2.45) is 0 Å². The first-order valence-electron chi connectivity index (χ1n) is 5.47. The van der Waals surface area contributed by atoms with Gasteiger partial charge in [0.25, 0.3) is 0 Å². The molecular formula is C12H14N4. The van der Waals surface area contributed by atoms with Crippen LogP contribution in [0.15, 0.2) is 24.7 Å². The van der Waals surface area contributed by atoms with E-state index in [1.54, 1.807) is 18.5 Å². The SMILES string of the molecule is CCc1cnc(-c2ncccn2)nc1CC. The molecular weight excluding hydrogens is 200 g/mol. The number of hydrogen-bond acceptors (Lipinski definition) is 4.